The molecule has 18 heavy (non-hydrogen) atoms. The third-order valence-electron chi connectivity index (χ3n) is 2.62. The van der Waals surface area contributed by atoms with Crippen molar-refractivity contribution in [3.05, 3.63) is 68.1 Å². The van der Waals surface area contributed by atoms with E-state index in [1.165, 1.54) is 0 Å². The van der Waals surface area contributed by atoms with Crippen LogP contribution in [0.5, 0.6) is 0 Å². The molecule has 0 aliphatic heterocycles. The van der Waals surface area contributed by atoms with Gasteiger partial charge in [0, 0.05) is 14.5 Å². The summed E-state index contributed by atoms with van der Waals surface area (Å²) in [6.07, 6.45) is 0.717. The molecule has 2 rings (SSSR count). The Morgan fingerprint density at radius 2 is 1.67 bits per heavy atom. The Kier molecular flexibility index (Phi) is 4.97. The summed E-state index contributed by atoms with van der Waals surface area (Å²) in [5.41, 5.74) is 2.03. The Balaban J connectivity index is 2.18. The Labute approximate surface area is 130 Å². The second kappa shape index (κ2) is 6.29. The number of benzene rings is 2. The molecule has 0 heterocycles. The maximum atomic E-state index is 6.40. The number of hydrogen-bond acceptors (Lipinski definition) is 0. The van der Waals surface area contributed by atoms with Crippen molar-refractivity contribution in [1.82, 2.24) is 0 Å². The zero-order chi connectivity index (χ0) is 13.1. The predicted octanol–water partition coefficient (Wildman–Crippen LogP) is 6.28. The molecular weight excluding hydrogens is 354 g/mol. The van der Waals surface area contributed by atoms with E-state index < -0.39 is 0 Å². The quantitative estimate of drug-likeness (QED) is 0.562. The summed E-state index contributed by atoms with van der Waals surface area (Å²) in [6.45, 7) is 0. The molecule has 4 heteroatoms. The Hall–Kier alpha value is -0.210. The minimum atomic E-state index is -0.183. The maximum Gasteiger partial charge on any atom is 0.0640 e. The van der Waals surface area contributed by atoms with Crippen LogP contribution >= 0.6 is 50.7 Å². The number of hydrogen-bond donors (Lipinski definition) is 0. The highest BCUT2D eigenvalue weighted by atomic mass is 79.9. The second-order valence-electron chi connectivity index (χ2n) is 3.96. The minimum Gasteiger partial charge on any atom is -0.117 e. The Morgan fingerprint density at radius 1 is 1.00 bits per heavy atom. The highest BCUT2D eigenvalue weighted by Crippen LogP contribution is 2.32. The van der Waals surface area contributed by atoms with Crippen molar-refractivity contribution in [3.63, 3.8) is 0 Å². The van der Waals surface area contributed by atoms with E-state index in [0.717, 1.165) is 22.0 Å². The third kappa shape index (κ3) is 3.64. The summed E-state index contributed by atoms with van der Waals surface area (Å²) < 4.78 is 1.05. The zero-order valence-electron chi connectivity index (χ0n) is 9.34. The fraction of sp³-hybridized carbons (Fsp3) is 0.143. The van der Waals surface area contributed by atoms with E-state index in [4.69, 9.17) is 34.8 Å². The summed E-state index contributed by atoms with van der Waals surface area (Å²) in [7, 11) is 0. The normalized spacial score (nSPS) is 12.4. The van der Waals surface area contributed by atoms with Crippen LogP contribution in [0.1, 0.15) is 16.5 Å². The highest BCUT2D eigenvalue weighted by Gasteiger charge is 2.13. The lowest BCUT2D eigenvalue weighted by Crippen LogP contribution is -1.97. The monoisotopic (exact) mass is 362 g/mol. The topological polar surface area (TPSA) is 0 Å². The van der Waals surface area contributed by atoms with Crippen LogP contribution in [-0.4, -0.2) is 0 Å². The summed E-state index contributed by atoms with van der Waals surface area (Å²) in [4.78, 5) is 0. The predicted molar refractivity (Wildman–Crippen MR) is 82.9 cm³/mol. The van der Waals surface area contributed by atoms with Crippen molar-refractivity contribution in [2.24, 2.45) is 0 Å². The molecule has 0 aliphatic carbocycles. The molecule has 0 aromatic heterocycles. The van der Waals surface area contributed by atoms with E-state index in [1.54, 1.807) is 12.1 Å². The minimum absolute atomic E-state index is 0.183. The molecule has 0 nitrogen and oxygen atoms in total. The van der Waals surface area contributed by atoms with Gasteiger partial charge in [-0.3, -0.25) is 0 Å². The number of rotatable bonds is 3. The van der Waals surface area contributed by atoms with Gasteiger partial charge in [-0.1, -0.05) is 51.3 Å². The molecule has 1 atom stereocenters. The third-order valence-corrected chi connectivity index (χ3v) is 4.12. The standard InChI is InChI=1S/C14H10BrCl3/c15-10-3-1-9(2-4-10)7-14(18)12-8-11(16)5-6-13(12)17/h1-6,8,14H,7H2. The molecule has 2 aromatic rings. The summed E-state index contributed by atoms with van der Waals surface area (Å²) >= 11 is 21.9. The van der Waals surface area contributed by atoms with Gasteiger partial charge in [-0.2, -0.15) is 0 Å². The van der Waals surface area contributed by atoms with E-state index in [0.29, 0.717) is 10.0 Å². The summed E-state index contributed by atoms with van der Waals surface area (Å²) in [6, 6.07) is 13.4. The molecule has 0 fully saturated rings. The molecule has 2 aromatic carbocycles. The first-order valence-electron chi connectivity index (χ1n) is 5.40. The van der Waals surface area contributed by atoms with Gasteiger partial charge >= 0.3 is 0 Å². The van der Waals surface area contributed by atoms with Crippen LogP contribution in [0, 0.1) is 0 Å². The molecule has 0 aliphatic rings. The van der Waals surface area contributed by atoms with Crippen LogP contribution in [0.15, 0.2) is 46.9 Å². The fourth-order valence-electron chi connectivity index (χ4n) is 1.69. The van der Waals surface area contributed by atoms with Crippen LogP contribution < -0.4 is 0 Å². The lowest BCUT2D eigenvalue weighted by molar-refractivity contribution is 0.920. The molecular formula is C14H10BrCl3. The number of alkyl halides is 1. The van der Waals surface area contributed by atoms with E-state index in [1.807, 2.05) is 30.3 Å². The van der Waals surface area contributed by atoms with Gasteiger partial charge in [-0.15, -0.1) is 11.6 Å². The first-order valence-corrected chi connectivity index (χ1v) is 7.38. The maximum absolute atomic E-state index is 6.40. The molecule has 0 N–H and O–H groups in total. The molecule has 1 unspecified atom stereocenters. The van der Waals surface area contributed by atoms with Crippen molar-refractivity contribution in [1.29, 1.82) is 0 Å². The zero-order valence-corrected chi connectivity index (χ0v) is 13.2. The van der Waals surface area contributed by atoms with Gasteiger partial charge in [0.05, 0.1) is 5.38 Å². The van der Waals surface area contributed by atoms with Gasteiger partial charge in [0.15, 0.2) is 0 Å². The SMILES string of the molecule is Clc1ccc(Cl)c(C(Cl)Cc2ccc(Br)cc2)c1. The van der Waals surface area contributed by atoms with Gasteiger partial charge in [-0.05, 0) is 47.9 Å². The van der Waals surface area contributed by atoms with Crippen molar-refractivity contribution in [3.8, 4) is 0 Å². The van der Waals surface area contributed by atoms with E-state index in [2.05, 4.69) is 15.9 Å². The largest absolute Gasteiger partial charge is 0.117 e. The molecule has 0 amide bonds. The second-order valence-corrected chi connectivity index (χ2v) is 6.25. The fourth-order valence-corrected chi connectivity index (χ4v) is 2.80. The van der Waals surface area contributed by atoms with Crippen LogP contribution in [-0.2, 0) is 6.42 Å². The van der Waals surface area contributed by atoms with Gasteiger partial charge in [-0.25, -0.2) is 0 Å². The smallest absolute Gasteiger partial charge is 0.0640 e. The van der Waals surface area contributed by atoms with Gasteiger partial charge in [0.2, 0.25) is 0 Å². The van der Waals surface area contributed by atoms with Crippen LogP contribution in [0.4, 0.5) is 0 Å². The molecule has 0 radical (unpaired) electrons. The average Bonchev–Trinajstić information content (AvgIpc) is 2.35. The Morgan fingerprint density at radius 3 is 2.33 bits per heavy atom. The van der Waals surface area contributed by atoms with Crippen LogP contribution in [0.25, 0.3) is 0 Å². The van der Waals surface area contributed by atoms with Crippen LogP contribution in [0.3, 0.4) is 0 Å². The lowest BCUT2D eigenvalue weighted by Gasteiger charge is -2.12. The first kappa shape index (κ1) is 14.2. The first-order chi connectivity index (χ1) is 8.56. The number of halogens is 4. The van der Waals surface area contributed by atoms with E-state index >= 15 is 0 Å². The van der Waals surface area contributed by atoms with Crippen molar-refractivity contribution in [2.75, 3.05) is 0 Å². The Bertz CT molecular complexity index is 537. The lowest BCUT2D eigenvalue weighted by atomic mass is 10.0. The van der Waals surface area contributed by atoms with Crippen molar-refractivity contribution in [2.45, 2.75) is 11.8 Å². The molecule has 94 valence electrons. The van der Waals surface area contributed by atoms with Gasteiger partial charge < -0.3 is 0 Å². The molecule has 0 saturated heterocycles. The summed E-state index contributed by atoms with van der Waals surface area (Å²) in [5, 5.41) is 1.12. The van der Waals surface area contributed by atoms with E-state index in [9.17, 15) is 0 Å². The van der Waals surface area contributed by atoms with Crippen molar-refractivity contribution >= 4 is 50.7 Å². The molecule has 0 spiro atoms. The van der Waals surface area contributed by atoms with E-state index in [-0.39, 0.29) is 5.38 Å². The summed E-state index contributed by atoms with van der Waals surface area (Å²) in [5.74, 6) is 0. The molecule has 0 bridgehead atoms. The van der Waals surface area contributed by atoms with Gasteiger partial charge in [0.25, 0.3) is 0 Å². The average molecular weight is 364 g/mol. The van der Waals surface area contributed by atoms with Gasteiger partial charge in [0.1, 0.15) is 0 Å². The van der Waals surface area contributed by atoms with Crippen molar-refractivity contribution < 1.29 is 0 Å². The molecule has 0 saturated carbocycles. The van der Waals surface area contributed by atoms with Crippen LogP contribution in [0.2, 0.25) is 10.0 Å². The highest BCUT2D eigenvalue weighted by molar-refractivity contribution is 9.10.